The van der Waals surface area contributed by atoms with Gasteiger partial charge in [0.2, 0.25) is 0 Å². The highest BCUT2D eigenvalue weighted by Gasteiger charge is 2.40. The molecule has 2 heterocycles. The van der Waals surface area contributed by atoms with Crippen LogP contribution in [0.2, 0.25) is 0 Å². The molecule has 0 spiro atoms. The number of hydrogen-bond acceptors (Lipinski definition) is 3. The third kappa shape index (κ3) is 2.00. The SMILES string of the molecule is N#Cc1ccc2c(c1)[C@@H](O)[C@H]([C@H]1c3ccccc3-c3cncn31)CC2. The maximum Gasteiger partial charge on any atom is 0.0991 e. The molecular weight excluding hydrogens is 310 g/mol. The molecule has 0 bridgehead atoms. The molecule has 4 nitrogen and oxygen atoms in total. The first-order valence-electron chi connectivity index (χ1n) is 8.60. The van der Waals surface area contributed by atoms with E-state index < -0.39 is 6.10 Å². The molecule has 0 fully saturated rings. The fourth-order valence-electron chi connectivity index (χ4n) is 4.52. The van der Waals surface area contributed by atoms with Crippen LogP contribution >= 0.6 is 0 Å². The van der Waals surface area contributed by atoms with Gasteiger partial charge in [0, 0.05) is 11.5 Å². The maximum atomic E-state index is 11.1. The zero-order valence-electron chi connectivity index (χ0n) is 13.6. The van der Waals surface area contributed by atoms with E-state index in [1.54, 1.807) is 0 Å². The van der Waals surface area contributed by atoms with Crippen molar-refractivity contribution >= 4 is 0 Å². The van der Waals surface area contributed by atoms with Gasteiger partial charge < -0.3 is 9.67 Å². The zero-order valence-corrected chi connectivity index (χ0v) is 13.6. The number of aliphatic hydroxyl groups excluding tert-OH is 1. The molecule has 0 radical (unpaired) electrons. The maximum absolute atomic E-state index is 11.1. The summed E-state index contributed by atoms with van der Waals surface area (Å²) in [4.78, 5) is 4.32. The number of hydrogen-bond donors (Lipinski definition) is 1. The van der Waals surface area contributed by atoms with Gasteiger partial charge in [-0.2, -0.15) is 5.26 Å². The molecule has 0 unspecified atom stereocenters. The predicted molar refractivity (Wildman–Crippen MR) is 93.7 cm³/mol. The van der Waals surface area contributed by atoms with Gasteiger partial charge in [-0.25, -0.2) is 4.98 Å². The predicted octanol–water partition coefficient (Wildman–Crippen LogP) is 3.62. The number of nitriles is 1. The molecule has 0 saturated carbocycles. The van der Waals surface area contributed by atoms with Crippen LogP contribution in [0.4, 0.5) is 0 Å². The van der Waals surface area contributed by atoms with Crippen LogP contribution in [0.15, 0.2) is 55.0 Å². The first kappa shape index (κ1) is 14.4. The lowest BCUT2D eigenvalue weighted by molar-refractivity contribution is 0.0720. The number of benzene rings is 2. The minimum atomic E-state index is -0.580. The van der Waals surface area contributed by atoms with Crippen molar-refractivity contribution in [3.63, 3.8) is 0 Å². The van der Waals surface area contributed by atoms with Crippen LogP contribution in [0, 0.1) is 17.2 Å². The molecule has 5 rings (SSSR count). The van der Waals surface area contributed by atoms with Crippen molar-refractivity contribution in [1.82, 2.24) is 9.55 Å². The molecule has 1 aromatic heterocycles. The first-order valence-corrected chi connectivity index (χ1v) is 8.60. The Hall–Kier alpha value is -2.90. The highest BCUT2D eigenvalue weighted by Crippen LogP contribution is 2.49. The summed E-state index contributed by atoms with van der Waals surface area (Å²) in [6.45, 7) is 0. The highest BCUT2D eigenvalue weighted by atomic mass is 16.3. The van der Waals surface area contributed by atoms with Crippen molar-refractivity contribution in [1.29, 1.82) is 5.26 Å². The molecule has 3 aromatic rings. The van der Waals surface area contributed by atoms with E-state index in [2.05, 4.69) is 33.8 Å². The topological polar surface area (TPSA) is 61.8 Å². The molecular formula is C21H17N3O. The van der Waals surface area contributed by atoms with E-state index >= 15 is 0 Å². The summed E-state index contributed by atoms with van der Waals surface area (Å²) in [5, 5.41) is 20.3. The quantitative estimate of drug-likeness (QED) is 0.742. The summed E-state index contributed by atoms with van der Waals surface area (Å²) in [6, 6.07) is 16.3. The van der Waals surface area contributed by atoms with Gasteiger partial charge in [-0.3, -0.25) is 0 Å². The molecule has 2 aromatic carbocycles. The summed E-state index contributed by atoms with van der Waals surface area (Å²) in [5.41, 5.74) is 6.23. The summed E-state index contributed by atoms with van der Waals surface area (Å²) in [7, 11) is 0. The van der Waals surface area contributed by atoms with Gasteiger partial charge in [0.15, 0.2) is 0 Å². The molecule has 4 heteroatoms. The summed E-state index contributed by atoms with van der Waals surface area (Å²) in [5.74, 6) is 0.0676. The number of rotatable bonds is 1. The van der Waals surface area contributed by atoms with Crippen LogP contribution in [0.3, 0.4) is 0 Å². The van der Waals surface area contributed by atoms with E-state index in [1.807, 2.05) is 36.8 Å². The fraction of sp³-hybridized carbons (Fsp3) is 0.238. The molecule has 0 amide bonds. The van der Waals surface area contributed by atoms with Crippen molar-refractivity contribution in [2.24, 2.45) is 5.92 Å². The lowest BCUT2D eigenvalue weighted by atomic mass is 9.75. The second-order valence-electron chi connectivity index (χ2n) is 6.89. The van der Waals surface area contributed by atoms with Gasteiger partial charge in [0.25, 0.3) is 0 Å². The molecule has 3 atom stereocenters. The van der Waals surface area contributed by atoms with Crippen LogP contribution < -0.4 is 0 Å². The number of fused-ring (bicyclic) bond motifs is 4. The summed E-state index contributed by atoms with van der Waals surface area (Å²) < 4.78 is 2.19. The van der Waals surface area contributed by atoms with Crippen molar-refractivity contribution in [2.75, 3.05) is 0 Å². The van der Waals surface area contributed by atoms with Gasteiger partial charge in [-0.05, 0) is 41.7 Å². The summed E-state index contributed by atoms with van der Waals surface area (Å²) >= 11 is 0. The molecule has 1 N–H and O–H groups in total. The van der Waals surface area contributed by atoms with Gasteiger partial charge in [-0.1, -0.05) is 30.3 Å². The van der Waals surface area contributed by atoms with Crippen LogP contribution in [0.5, 0.6) is 0 Å². The normalized spacial score (nSPS) is 23.4. The van der Waals surface area contributed by atoms with Crippen LogP contribution in [-0.2, 0) is 6.42 Å². The Bertz CT molecular complexity index is 1010. The van der Waals surface area contributed by atoms with E-state index in [0.717, 1.165) is 29.7 Å². The Labute approximate surface area is 146 Å². The standard InChI is InChI=1S/C21H17N3O/c22-10-13-5-6-14-7-8-17(21(25)18(14)9-13)20-16-4-2-1-3-15(16)19-11-23-12-24(19)20/h1-6,9,11-12,17,20-21,25H,7-8H2/t17-,20+,21-/m0/s1. The van der Waals surface area contributed by atoms with Crippen molar-refractivity contribution in [3.05, 3.63) is 77.2 Å². The van der Waals surface area contributed by atoms with Gasteiger partial charge in [-0.15, -0.1) is 0 Å². The Balaban J connectivity index is 1.62. The molecule has 2 aliphatic rings. The van der Waals surface area contributed by atoms with Gasteiger partial charge >= 0.3 is 0 Å². The van der Waals surface area contributed by atoms with E-state index in [-0.39, 0.29) is 12.0 Å². The van der Waals surface area contributed by atoms with Crippen LogP contribution in [0.1, 0.15) is 40.8 Å². The first-order chi connectivity index (χ1) is 12.3. The monoisotopic (exact) mass is 327 g/mol. The van der Waals surface area contributed by atoms with Crippen molar-refractivity contribution in [3.8, 4) is 17.3 Å². The average molecular weight is 327 g/mol. The van der Waals surface area contributed by atoms with E-state index in [9.17, 15) is 10.4 Å². The Morgan fingerprint density at radius 3 is 2.92 bits per heavy atom. The number of aromatic nitrogens is 2. The number of aryl methyl sites for hydroxylation is 1. The van der Waals surface area contributed by atoms with Gasteiger partial charge in [0.05, 0.1) is 42.0 Å². The zero-order chi connectivity index (χ0) is 17.0. The largest absolute Gasteiger partial charge is 0.388 e. The Kier molecular flexibility index (Phi) is 3.06. The molecule has 122 valence electrons. The lowest BCUT2D eigenvalue weighted by Crippen LogP contribution is -2.28. The Morgan fingerprint density at radius 1 is 1.16 bits per heavy atom. The van der Waals surface area contributed by atoms with Crippen LogP contribution in [-0.4, -0.2) is 14.7 Å². The van der Waals surface area contributed by atoms with Crippen LogP contribution in [0.25, 0.3) is 11.3 Å². The average Bonchev–Trinajstić information content (AvgIpc) is 3.23. The van der Waals surface area contributed by atoms with Gasteiger partial charge in [0.1, 0.15) is 0 Å². The third-order valence-corrected chi connectivity index (χ3v) is 5.67. The van der Waals surface area contributed by atoms with E-state index in [0.29, 0.717) is 5.56 Å². The number of nitrogens with zero attached hydrogens (tertiary/aromatic N) is 3. The smallest absolute Gasteiger partial charge is 0.0991 e. The molecule has 25 heavy (non-hydrogen) atoms. The highest BCUT2D eigenvalue weighted by molar-refractivity contribution is 5.69. The third-order valence-electron chi connectivity index (χ3n) is 5.67. The fourth-order valence-corrected chi connectivity index (χ4v) is 4.52. The molecule has 1 aliphatic carbocycles. The molecule has 1 aliphatic heterocycles. The van der Waals surface area contributed by atoms with E-state index in [1.165, 1.54) is 11.1 Å². The minimum absolute atomic E-state index is 0.0676. The lowest BCUT2D eigenvalue weighted by Gasteiger charge is -2.35. The number of imidazole rings is 1. The van der Waals surface area contributed by atoms with Crippen molar-refractivity contribution in [2.45, 2.75) is 25.0 Å². The van der Waals surface area contributed by atoms with Crippen molar-refractivity contribution < 1.29 is 5.11 Å². The minimum Gasteiger partial charge on any atom is -0.388 e. The Morgan fingerprint density at radius 2 is 2.04 bits per heavy atom. The molecule has 0 saturated heterocycles. The summed E-state index contributed by atoms with van der Waals surface area (Å²) in [6.07, 6.45) is 5.02. The van der Waals surface area contributed by atoms with E-state index in [4.69, 9.17) is 0 Å². The number of aliphatic hydroxyl groups is 1. The second-order valence-corrected chi connectivity index (χ2v) is 6.89. The second kappa shape index (κ2) is 5.30.